The second kappa shape index (κ2) is 7.08. The van der Waals surface area contributed by atoms with Crippen LogP contribution >= 0.6 is 0 Å². The lowest BCUT2D eigenvalue weighted by Crippen LogP contribution is -2.40. The Morgan fingerprint density at radius 3 is 2.65 bits per heavy atom. The molecule has 8 heteroatoms. The number of anilines is 1. The molecule has 8 nitrogen and oxygen atoms in total. The Kier molecular flexibility index (Phi) is 5.15. The number of nitro benzene ring substituents is 1. The van der Waals surface area contributed by atoms with Crippen LogP contribution < -0.4 is 11.1 Å². The molecule has 1 aliphatic carbocycles. The van der Waals surface area contributed by atoms with Gasteiger partial charge < -0.3 is 15.8 Å². The van der Waals surface area contributed by atoms with Crippen molar-refractivity contribution in [1.82, 2.24) is 5.32 Å². The highest BCUT2D eigenvalue weighted by Crippen LogP contribution is 2.21. The number of carbonyl (C=O) groups excluding carboxylic acids is 2. The van der Waals surface area contributed by atoms with Crippen molar-refractivity contribution in [1.29, 1.82) is 0 Å². The minimum absolute atomic E-state index is 0.0593. The zero-order chi connectivity index (χ0) is 17.0. The maximum atomic E-state index is 12.1. The number of non-ortho nitro benzene ring substituents is 1. The van der Waals surface area contributed by atoms with Crippen molar-refractivity contribution in [2.75, 3.05) is 5.73 Å². The molecular weight excluding hydrogens is 302 g/mol. The number of amides is 1. The van der Waals surface area contributed by atoms with Gasteiger partial charge in [-0.05, 0) is 25.8 Å². The van der Waals surface area contributed by atoms with E-state index >= 15 is 0 Å². The highest BCUT2D eigenvalue weighted by molar-refractivity contribution is 5.97. The molecule has 23 heavy (non-hydrogen) atoms. The van der Waals surface area contributed by atoms with E-state index in [2.05, 4.69) is 5.32 Å². The van der Waals surface area contributed by atoms with Gasteiger partial charge in [0.2, 0.25) is 0 Å². The SMILES string of the molecule is C[C@H](OC(=O)c1cc([N+](=O)[O-])ccc1N)C(=O)NC1CCCC1. The Morgan fingerprint density at radius 1 is 1.39 bits per heavy atom. The van der Waals surface area contributed by atoms with E-state index in [1.165, 1.54) is 19.1 Å². The van der Waals surface area contributed by atoms with E-state index in [1.807, 2.05) is 0 Å². The van der Waals surface area contributed by atoms with E-state index in [9.17, 15) is 19.7 Å². The summed E-state index contributed by atoms with van der Waals surface area (Å²) in [7, 11) is 0. The number of nitrogen functional groups attached to an aromatic ring is 1. The summed E-state index contributed by atoms with van der Waals surface area (Å²) >= 11 is 0. The fourth-order valence-corrected chi connectivity index (χ4v) is 2.50. The van der Waals surface area contributed by atoms with Gasteiger partial charge in [0.1, 0.15) is 0 Å². The summed E-state index contributed by atoms with van der Waals surface area (Å²) in [5.41, 5.74) is 5.32. The van der Waals surface area contributed by atoms with Crippen LogP contribution in [0.25, 0.3) is 0 Å². The summed E-state index contributed by atoms with van der Waals surface area (Å²) in [5, 5.41) is 13.6. The van der Waals surface area contributed by atoms with Crippen LogP contribution in [0.4, 0.5) is 11.4 Å². The van der Waals surface area contributed by atoms with Gasteiger partial charge in [-0.25, -0.2) is 4.79 Å². The lowest BCUT2D eigenvalue weighted by molar-refractivity contribution is -0.384. The molecule has 0 heterocycles. The Hall–Kier alpha value is -2.64. The van der Waals surface area contributed by atoms with Gasteiger partial charge >= 0.3 is 5.97 Å². The molecule has 0 radical (unpaired) electrons. The van der Waals surface area contributed by atoms with Crippen LogP contribution in [0.5, 0.6) is 0 Å². The first-order valence-electron chi connectivity index (χ1n) is 7.43. The molecule has 1 fully saturated rings. The van der Waals surface area contributed by atoms with Gasteiger partial charge in [0.15, 0.2) is 6.10 Å². The Balaban J connectivity index is 2.01. The van der Waals surface area contributed by atoms with Crippen LogP contribution in [0.3, 0.4) is 0 Å². The first kappa shape index (κ1) is 16.7. The normalized spacial score (nSPS) is 15.9. The number of nitrogens with one attached hydrogen (secondary N) is 1. The lowest BCUT2D eigenvalue weighted by atomic mass is 10.1. The number of carbonyl (C=O) groups is 2. The first-order chi connectivity index (χ1) is 10.9. The molecule has 0 aromatic heterocycles. The standard InChI is InChI=1S/C15H19N3O5/c1-9(14(19)17-10-4-2-3-5-10)23-15(20)12-8-11(18(21)22)6-7-13(12)16/h6-10H,2-5,16H2,1H3,(H,17,19)/t9-/m0/s1. The molecule has 124 valence electrons. The first-order valence-corrected chi connectivity index (χ1v) is 7.43. The maximum Gasteiger partial charge on any atom is 0.341 e. The minimum Gasteiger partial charge on any atom is -0.449 e. The van der Waals surface area contributed by atoms with E-state index in [0.29, 0.717) is 0 Å². The summed E-state index contributed by atoms with van der Waals surface area (Å²) in [6.07, 6.45) is 2.99. The van der Waals surface area contributed by atoms with Crippen molar-refractivity contribution in [2.24, 2.45) is 0 Å². The van der Waals surface area contributed by atoms with Crippen LogP contribution in [0.15, 0.2) is 18.2 Å². The van der Waals surface area contributed by atoms with E-state index in [0.717, 1.165) is 31.7 Å². The number of nitrogens with two attached hydrogens (primary N) is 1. The molecule has 0 unspecified atom stereocenters. The fourth-order valence-electron chi connectivity index (χ4n) is 2.50. The maximum absolute atomic E-state index is 12.1. The van der Waals surface area contributed by atoms with Crippen molar-refractivity contribution in [2.45, 2.75) is 44.8 Å². The van der Waals surface area contributed by atoms with Crippen molar-refractivity contribution in [3.05, 3.63) is 33.9 Å². The van der Waals surface area contributed by atoms with Gasteiger partial charge in [0, 0.05) is 23.9 Å². The molecule has 1 aromatic carbocycles. The van der Waals surface area contributed by atoms with Crippen LogP contribution in [-0.2, 0) is 9.53 Å². The summed E-state index contributed by atoms with van der Waals surface area (Å²) in [6, 6.07) is 3.62. The van der Waals surface area contributed by atoms with Gasteiger partial charge in [0.25, 0.3) is 11.6 Å². The number of rotatable bonds is 5. The zero-order valence-electron chi connectivity index (χ0n) is 12.8. The summed E-state index contributed by atoms with van der Waals surface area (Å²) < 4.78 is 5.07. The minimum atomic E-state index is -0.998. The number of ether oxygens (including phenoxy) is 1. The number of nitro groups is 1. The van der Waals surface area contributed by atoms with Crippen molar-refractivity contribution in [3.8, 4) is 0 Å². The van der Waals surface area contributed by atoms with Crippen LogP contribution in [0, 0.1) is 10.1 Å². The number of esters is 1. The number of hydrogen-bond donors (Lipinski definition) is 2. The summed E-state index contributed by atoms with van der Waals surface area (Å²) in [4.78, 5) is 34.2. The molecular formula is C15H19N3O5. The highest BCUT2D eigenvalue weighted by atomic mass is 16.6. The molecule has 2 rings (SSSR count). The quantitative estimate of drug-likeness (QED) is 0.368. The molecule has 0 aliphatic heterocycles. The van der Waals surface area contributed by atoms with E-state index in [4.69, 9.17) is 10.5 Å². The third-order valence-electron chi connectivity index (χ3n) is 3.82. The molecule has 0 bridgehead atoms. The van der Waals surface area contributed by atoms with E-state index < -0.39 is 17.0 Å². The highest BCUT2D eigenvalue weighted by Gasteiger charge is 2.25. The second-order valence-electron chi connectivity index (χ2n) is 5.57. The number of benzene rings is 1. The molecule has 1 aliphatic rings. The Morgan fingerprint density at radius 2 is 2.04 bits per heavy atom. The Bertz CT molecular complexity index is 626. The predicted octanol–water partition coefficient (Wildman–Crippen LogP) is 1.78. The van der Waals surface area contributed by atoms with Crippen LogP contribution in [0.2, 0.25) is 0 Å². The average Bonchev–Trinajstić information content (AvgIpc) is 3.00. The Labute approximate surface area is 133 Å². The fraction of sp³-hybridized carbons (Fsp3) is 0.467. The smallest absolute Gasteiger partial charge is 0.341 e. The monoisotopic (exact) mass is 321 g/mol. The van der Waals surface area contributed by atoms with Gasteiger partial charge in [0.05, 0.1) is 10.5 Å². The van der Waals surface area contributed by atoms with Gasteiger partial charge in [-0.1, -0.05) is 12.8 Å². The van der Waals surface area contributed by atoms with Crippen LogP contribution in [0.1, 0.15) is 43.0 Å². The summed E-state index contributed by atoms with van der Waals surface area (Å²) in [5.74, 6) is -1.24. The molecule has 3 N–H and O–H groups in total. The molecule has 1 aromatic rings. The van der Waals surface area contributed by atoms with Crippen molar-refractivity contribution < 1.29 is 19.2 Å². The topological polar surface area (TPSA) is 125 Å². The summed E-state index contributed by atoms with van der Waals surface area (Å²) in [6.45, 7) is 1.45. The van der Waals surface area contributed by atoms with E-state index in [1.54, 1.807) is 0 Å². The van der Waals surface area contributed by atoms with Gasteiger partial charge in [-0.3, -0.25) is 14.9 Å². The third-order valence-corrected chi connectivity index (χ3v) is 3.82. The van der Waals surface area contributed by atoms with Gasteiger partial charge in [-0.2, -0.15) is 0 Å². The predicted molar refractivity (Wildman–Crippen MR) is 82.8 cm³/mol. The largest absolute Gasteiger partial charge is 0.449 e. The number of hydrogen-bond acceptors (Lipinski definition) is 6. The van der Waals surface area contributed by atoms with E-state index in [-0.39, 0.29) is 28.9 Å². The average molecular weight is 321 g/mol. The van der Waals surface area contributed by atoms with Crippen molar-refractivity contribution in [3.63, 3.8) is 0 Å². The molecule has 0 spiro atoms. The van der Waals surface area contributed by atoms with Gasteiger partial charge in [-0.15, -0.1) is 0 Å². The second-order valence-corrected chi connectivity index (χ2v) is 5.57. The van der Waals surface area contributed by atoms with Crippen LogP contribution in [-0.4, -0.2) is 28.9 Å². The molecule has 0 saturated heterocycles. The lowest BCUT2D eigenvalue weighted by Gasteiger charge is -2.17. The third kappa shape index (κ3) is 4.18. The zero-order valence-corrected chi connectivity index (χ0v) is 12.8. The molecule has 1 amide bonds. The van der Waals surface area contributed by atoms with Crippen molar-refractivity contribution >= 4 is 23.3 Å². The molecule has 1 atom stereocenters. The molecule has 1 saturated carbocycles. The number of nitrogens with zero attached hydrogens (tertiary/aromatic N) is 1.